The fourth-order valence-corrected chi connectivity index (χ4v) is 3.66. The first-order valence-electron chi connectivity index (χ1n) is 8.85. The molecule has 0 spiro atoms. The molecule has 7 heteroatoms. The highest BCUT2D eigenvalue weighted by molar-refractivity contribution is 6.30. The Kier molecular flexibility index (Phi) is 6.00. The molecule has 3 rings (SSSR count). The molecule has 2 atom stereocenters. The summed E-state index contributed by atoms with van der Waals surface area (Å²) in [5.41, 5.74) is 0.307. The Morgan fingerprint density at radius 1 is 1.16 bits per heavy atom. The molecule has 3 heterocycles. The molecule has 0 aromatic carbocycles. The van der Waals surface area contributed by atoms with E-state index in [4.69, 9.17) is 21.1 Å². The number of likely N-dealkylation sites (tertiary alicyclic amines) is 2. The maximum atomic E-state index is 9.21. The van der Waals surface area contributed by atoms with Crippen LogP contribution in [0.25, 0.3) is 0 Å². The van der Waals surface area contributed by atoms with Gasteiger partial charge < -0.3 is 19.3 Å². The van der Waals surface area contributed by atoms with Gasteiger partial charge in [-0.3, -0.25) is 0 Å². The fraction of sp³-hybridized carbons (Fsp3) is 0.667. The Morgan fingerprint density at radius 2 is 1.76 bits per heavy atom. The van der Waals surface area contributed by atoms with Crippen LogP contribution in [-0.2, 0) is 0 Å². The second-order valence-corrected chi connectivity index (χ2v) is 7.28. The van der Waals surface area contributed by atoms with Crippen LogP contribution in [0.15, 0.2) is 6.07 Å². The molecule has 0 unspecified atom stereocenters. The van der Waals surface area contributed by atoms with Crippen LogP contribution in [0.2, 0.25) is 5.15 Å². The monoisotopic (exact) mass is 364 g/mol. The van der Waals surface area contributed by atoms with Crippen molar-refractivity contribution < 1.29 is 9.47 Å². The Labute approximate surface area is 154 Å². The van der Waals surface area contributed by atoms with Crippen LogP contribution in [0, 0.1) is 11.3 Å². The summed E-state index contributed by atoms with van der Waals surface area (Å²) in [6.07, 6.45) is 4.60. The fourth-order valence-electron chi connectivity index (χ4n) is 3.48. The van der Waals surface area contributed by atoms with E-state index in [-0.39, 0.29) is 5.15 Å². The van der Waals surface area contributed by atoms with E-state index in [1.54, 1.807) is 6.07 Å². The molecular weight excluding hydrogens is 340 g/mol. The van der Waals surface area contributed by atoms with Crippen molar-refractivity contribution in [1.82, 2.24) is 14.8 Å². The minimum atomic E-state index is 0.155. The zero-order valence-electron chi connectivity index (χ0n) is 14.9. The van der Waals surface area contributed by atoms with Crippen molar-refractivity contribution >= 4 is 11.6 Å². The smallest absolute Gasteiger partial charge is 0.258 e. The van der Waals surface area contributed by atoms with Crippen molar-refractivity contribution in [2.75, 3.05) is 40.4 Å². The number of pyridine rings is 1. The van der Waals surface area contributed by atoms with Gasteiger partial charge in [-0.1, -0.05) is 11.6 Å². The van der Waals surface area contributed by atoms with E-state index in [0.29, 0.717) is 42.5 Å². The van der Waals surface area contributed by atoms with Gasteiger partial charge in [0.05, 0.1) is 5.56 Å². The van der Waals surface area contributed by atoms with Gasteiger partial charge in [0.15, 0.2) is 10.9 Å². The lowest BCUT2D eigenvalue weighted by Crippen LogP contribution is -2.31. The Hall–Kier alpha value is -1.55. The summed E-state index contributed by atoms with van der Waals surface area (Å²) in [7, 11) is 4.21. The molecule has 2 fully saturated rings. The third kappa shape index (κ3) is 4.35. The average Bonchev–Trinajstić information content (AvgIpc) is 3.20. The Balaban J connectivity index is 1.70. The summed E-state index contributed by atoms with van der Waals surface area (Å²) >= 11 is 6.09. The van der Waals surface area contributed by atoms with Crippen LogP contribution in [0.3, 0.4) is 0 Å². The molecule has 2 aliphatic rings. The quantitative estimate of drug-likeness (QED) is 0.723. The van der Waals surface area contributed by atoms with Crippen LogP contribution in [0.5, 0.6) is 11.6 Å². The van der Waals surface area contributed by atoms with Crippen LogP contribution in [0.4, 0.5) is 0 Å². The van der Waals surface area contributed by atoms with Crippen molar-refractivity contribution in [2.24, 2.45) is 0 Å². The van der Waals surface area contributed by atoms with Gasteiger partial charge in [-0.2, -0.15) is 10.2 Å². The molecular formula is C18H25ClN4O2. The highest BCUT2D eigenvalue weighted by Crippen LogP contribution is 2.31. The minimum Gasteiger partial charge on any atom is -0.486 e. The molecule has 6 nitrogen and oxygen atoms in total. The summed E-state index contributed by atoms with van der Waals surface area (Å²) in [4.78, 5) is 8.84. The summed E-state index contributed by atoms with van der Waals surface area (Å²) in [6.45, 7) is 3.29. The number of ether oxygens (including phenoxy) is 2. The molecule has 1 aromatic rings. The zero-order chi connectivity index (χ0) is 17.8. The van der Waals surface area contributed by atoms with Gasteiger partial charge in [-0.25, -0.2) is 0 Å². The molecule has 25 heavy (non-hydrogen) atoms. The molecule has 136 valence electrons. The number of halogens is 1. The highest BCUT2D eigenvalue weighted by Gasteiger charge is 2.25. The third-order valence-corrected chi connectivity index (χ3v) is 5.50. The standard InChI is InChI=1S/C18H25ClN4O2/c1-22-7-3-5-14(22)11-24-16-9-13(10-20)17(19)21-18(16)25-12-15-6-4-8-23(15)2/h9,14-15H,3-8,11-12H2,1-2H3/t14-,15-/m1/s1. The van der Waals surface area contributed by atoms with Gasteiger partial charge in [-0.05, 0) is 52.9 Å². The molecule has 2 aliphatic heterocycles. The number of nitriles is 1. The van der Waals surface area contributed by atoms with Gasteiger partial charge in [0.25, 0.3) is 5.88 Å². The van der Waals surface area contributed by atoms with Crippen molar-refractivity contribution in [1.29, 1.82) is 5.26 Å². The lowest BCUT2D eigenvalue weighted by molar-refractivity contribution is 0.169. The number of rotatable bonds is 6. The molecule has 0 amide bonds. The van der Waals surface area contributed by atoms with E-state index in [1.165, 1.54) is 12.8 Å². The van der Waals surface area contributed by atoms with E-state index in [2.05, 4.69) is 34.9 Å². The molecule has 2 saturated heterocycles. The number of nitrogens with zero attached hydrogens (tertiary/aromatic N) is 4. The first-order chi connectivity index (χ1) is 12.1. The summed E-state index contributed by atoms with van der Waals surface area (Å²) < 4.78 is 11.9. The Morgan fingerprint density at radius 3 is 2.28 bits per heavy atom. The van der Waals surface area contributed by atoms with Crippen molar-refractivity contribution in [2.45, 2.75) is 37.8 Å². The van der Waals surface area contributed by atoms with Crippen molar-refractivity contribution in [3.8, 4) is 17.7 Å². The first-order valence-corrected chi connectivity index (χ1v) is 9.23. The van der Waals surface area contributed by atoms with E-state index in [1.807, 2.05) is 0 Å². The number of likely N-dealkylation sites (N-methyl/N-ethyl adjacent to an activating group) is 2. The maximum Gasteiger partial charge on any atom is 0.258 e. The third-order valence-electron chi connectivity index (χ3n) is 5.22. The number of hydrogen-bond donors (Lipinski definition) is 0. The summed E-state index contributed by atoms with van der Waals surface area (Å²) in [5, 5.41) is 9.36. The summed E-state index contributed by atoms with van der Waals surface area (Å²) in [5.74, 6) is 0.881. The number of aromatic nitrogens is 1. The van der Waals surface area contributed by atoms with Crippen LogP contribution < -0.4 is 9.47 Å². The van der Waals surface area contributed by atoms with E-state index in [0.717, 1.165) is 25.9 Å². The van der Waals surface area contributed by atoms with Crippen LogP contribution in [-0.4, -0.2) is 67.3 Å². The lowest BCUT2D eigenvalue weighted by Gasteiger charge is -2.22. The average molecular weight is 365 g/mol. The molecule has 0 radical (unpaired) electrons. The summed E-state index contributed by atoms with van der Waals surface area (Å²) in [6, 6.07) is 4.46. The lowest BCUT2D eigenvalue weighted by atomic mass is 10.2. The maximum absolute atomic E-state index is 9.21. The van der Waals surface area contributed by atoms with Gasteiger partial charge in [0, 0.05) is 18.2 Å². The molecule has 1 aromatic heterocycles. The minimum absolute atomic E-state index is 0.155. The van der Waals surface area contributed by atoms with E-state index in [9.17, 15) is 5.26 Å². The normalized spacial score (nSPS) is 24.4. The molecule has 0 saturated carbocycles. The topological polar surface area (TPSA) is 61.6 Å². The van der Waals surface area contributed by atoms with Crippen molar-refractivity contribution in [3.63, 3.8) is 0 Å². The molecule has 0 N–H and O–H groups in total. The van der Waals surface area contributed by atoms with Gasteiger partial charge >= 0.3 is 0 Å². The van der Waals surface area contributed by atoms with Gasteiger partial charge in [-0.15, -0.1) is 0 Å². The molecule has 0 aliphatic carbocycles. The SMILES string of the molecule is CN1CCC[C@@H]1COc1cc(C#N)c(Cl)nc1OC[C@H]1CCCN1C. The zero-order valence-corrected chi connectivity index (χ0v) is 15.6. The van der Waals surface area contributed by atoms with E-state index >= 15 is 0 Å². The first kappa shape index (κ1) is 18.2. The second-order valence-electron chi connectivity index (χ2n) is 6.92. The second kappa shape index (κ2) is 8.22. The predicted octanol–water partition coefficient (Wildman–Crippen LogP) is 2.55. The van der Waals surface area contributed by atoms with Crippen LogP contribution in [0.1, 0.15) is 31.2 Å². The highest BCUT2D eigenvalue weighted by atomic mass is 35.5. The van der Waals surface area contributed by atoms with E-state index < -0.39 is 0 Å². The number of hydrogen-bond acceptors (Lipinski definition) is 6. The van der Waals surface area contributed by atoms with Crippen LogP contribution >= 0.6 is 11.6 Å². The molecule has 0 bridgehead atoms. The Bertz CT molecular complexity index is 649. The van der Waals surface area contributed by atoms with Gasteiger partial charge in [0.1, 0.15) is 19.3 Å². The predicted molar refractivity (Wildman–Crippen MR) is 96.3 cm³/mol. The largest absolute Gasteiger partial charge is 0.486 e. The van der Waals surface area contributed by atoms with Crippen molar-refractivity contribution in [3.05, 3.63) is 16.8 Å². The van der Waals surface area contributed by atoms with Gasteiger partial charge in [0.2, 0.25) is 0 Å².